The van der Waals surface area contributed by atoms with Crippen LogP contribution < -0.4 is 15.8 Å². The Morgan fingerprint density at radius 2 is 1.94 bits per heavy atom. The minimum Gasteiger partial charge on any atom is -0.489 e. The summed E-state index contributed by atoms with van der Waals surface area (Å²) in [7, 11) is 0. The van der Waals surface area contributed by atoms with E-state index in [2.05, 4.69) is 12.2 Å². The predicted octanol–water partition coefficient (Wildman–Crippen LogP) is 2.87. The normalized spacial score (nSPS) is 12.5. The molecule has 1 aromatic carbocycles. The molecule has 3 heteroatoms. The third kappa shape index (κ3) is 5.09. The maximum atomic E-state index is 5.74. The van der Waals surface area contributed by atoms with Gasteiger partial charge < -0.3 is 15.8 Å². The lowest BCUT2D eigenvalue weighted by Crippen LogP contribution is -2.15. The second-order valence-corrected chi connectivity index (χ2v) is 4.72. The summed E-state index contributed by atoms with van der Waals surface area (Å²) in [5.74, 6) is 1.48. The van der Waals surface area contributed by atoms with E-state index in [1.165, 1.54) is 0 Å². The summed E-state index contributed by atoms with van der Waals surface area (Å²) in [6.45, 7) is 7.90. The van der Waals surface area contributed by atoms with Gasteiger partial charge in [0, 0.05) is 6.54 Å². The van der Waals surface area contributed by atoms with Crippen molar-refractivity contribution in [3.8, 4) is 5.75 Å². The lowest BCUT2D eigenvalue weighted by molar-refractivity contribution is 0.243. The molecule has 0 spiro atoms. The molecule has 3 N–H and O–H groups in total. The van der Waals surface area contributed by atoms with Gasteiger partial charge in [0.2, 0.25) is 0 Å². The molecule has 96 valence electrons. The van der Waals surface area contributed by atoms with Crippen molar-refractivity contribution in [2.45, 2.75) is 33.3 Å². The number of anilines is 1. The number of para-hydroxylation sites is 2. The Hall–Kier alpha value is -1.22. The molecule has 0 radical (unpaired) electrons. The van der Waals surface area contributed by atoms with Crippen LogP contribution in [0.1, 0.15) is 27.2 Å². The van der Waals surface area contributed by atoms with Crippen LogP contribution in [0, 0.1) is 5.92 Å². The van der Waals surface area contributed by atoms with Gasteiger partial charge in [0.15, 0.2) is 0 Å². The summed E-state index contributed by atoms with van der Waals surface area (Å²) in [4.78, 5) is 0. The maximum Gasteiger partial charge on any atom is 0.142 e. The number of benzene rings is 1. The van der Waals surface area contributed by atoms with E-state index in [1.807, 2.05) is 38.1 Å². The fourth-order valence-corrected chi connectivity index (χ4v) is 1.54. The molecule has 0 saturated carbocycles. The molecule has 1 rings (SSSR count). The van der Waals surface area contributed by atoms with E-state index < -0.39 is 0 Å². The van der Waals surface area contributed by atoms with Crippen LogP contribution in [0.2, 0.25) is 0 Å². The molecule has 0 bridgehead atoms. The van der Waals surface area contributed by atoms with Crippen LogP contribution in [-0.2, 0) is 0 Å². The van der Waals surface area contributed by atoms with Crippen LogP contribution in [0.15, 0.2) is 24.3 Å². The van der Waals surface area contributed by atoms with Gasteiger partial charge in [-0.3, -0.25) is 0 Å². The zero-order chi connectivity index (χ0) is 12.7. The van der Waals surface area contributed by atoms with Crippen molar-refractivity contribution in [2.75, 3.05) is 18.4 Å². The van der Waals surface area contributed by atoms with E-state index in [9.17, 15) is 0 Å². The molecule has 3 nitrogen and oxygen atoms in total. The van der Waals surface area contributed by atoms with E-state index in [0.29, 0.717) is 5.92 Å². The van der Waals surface area contributed by atoms with Gasteiger partial charge in [-0.2, -0.15) is 0 Å². The zero-order valence-corrected chi connectivity index (χ0v) is 11.1. The molecular weight excluding hydrogens is 212 g/mol. The van der Waals surface area contributed by atoms with Crippen LogP contribution >= 0.6 is 0 Å². The second kappa shape index (κ2) is 7.17. The highest BCUT2D eigenvalue weighted by Crippen LogP contribution is 2.24. The van der Waals surface area contributed by atoms with Crippen molar-refractivity contribution in [1.29, 1.82) is 0 Å². The Balaban J connectivity index is 2.51. The molecule has 1 unspecified atom stereocenters. The first-order valence-electron chi connectivity index (χ1n) is 6.33. The Bertz CT molecular complexity index is 326. The van der Waals surface area contributed by atoms with Gasteiger partial charge in [-0.1, -0.05) is 19.1 Å². The molecule has 0 aliphatic carbocycles. The minimum absolute atomic E-state index is 0.195. The molecule has 0 aliphatic heterocycles. The predicted molar refractivity (Wildman–Crippen MR) is 73.5 cm³/mol. The first-order chi connectivity index (χ1) is 8.13. The molecule has 0 aliphatic rings. The van der Waals surface area contributed by atoms with Gasteiger partial charge >= 0.3 is 0 Å². The summed E-state index contributed by atoms with van der Waals surface area (Å²) < 4.78 is 5.74. The van der Waals surface area contributed by atoms with Gasteiger partial charge in [-0.05, 0) is 44.9 Å². The Morgan fingerprint density at radius 3 is 2.59 bits per heavy atom. The van der Waals surface area contributed by atoms with Crippen LogP contribution in [0.25, 0.3) is 0 Å². The van der Waals surface area contributed by atoms with Gasteiger partial charge in [-0.15, -0.1) is 0 Å². The molecule has 0 saturated heterocycles. The molecule has 1 atom stereocenters. The van der Waals surface area contributed by atoms with Crippen LogP contribution in [0.4, 0.5) is 5.69 Å². The fourth-order valence-electron chi connectivity index (χ4n) is 1.54. The maximum absolute atomic E-state index is 5.74. The van der Waals surface area contributed by atoms with Crippen LogP contribution in [-0.4, -0.2) is 19.2 Å². The SMILES string of the molecule is CC(CN)CCNc1ccccc1OC(C)C. The summed E-state index contributed by atoms with van der Waals surface area (Å²) in [6.07, 6.45) is 1.27. The molecule has 0 fully saturated rings. The van der Waals surface area contributed by atoms with Crippen molar-refractivity contribution >= 4 is 5.69 Å². The van der Waals surface area contributed by atoms with Gasteiger partial charge in [0.1, 0.15) is 5.75 Å². The molecule has 0 heterocycles. The summed E-state index contributed by atoms with van der Waals surface area (Å²) in [5.41, 5.74) is 6.66. The highest BCUT2D eigenvalue weighted by atomic mass is 16.5. The minimum atomic E-state index is 0.195. The van der Waals surface area contributed by atoms with Gasteiger partial charge in [0.25, 0.3) is 0 Å². The summed E-state index contributed by atoms with van der Waals surface area (Å²) in [5, 5.41) is 3.40. The smallest absolute Gasteiger partial charge is 0.142 e. The van der Waals surface area contributed by atoms with E-state index in [0.717, 1.165) is 30.9 Å². The van der Waals surface area contributed by atoms with Crippen molar-refractivity contribution in [1.82, 2.24) is 0 Å². The first kappa shape index (κ1) is 13.8. The van der Waals surface area contributed by atoms with Crippen molar-refractivity contribution in [3.05, 3.63) is 24.3 Å². The van der Waals surface area contributed by atoms with Crippen molar-refractivity contribution in [2.24, 2.45) is 11.7 Å². The zero-order valence-electron chi connectivity index (χ0n) is 11.1. The number of hydrogen-bond acceptors (Lipinski definition) is 3. The second-order valence-electron chi connectivity index (χ2n) is 4.72. The van der Waals surface area contributed by atoms with E-state index in [-0.39, 0.29) is 6.10 Å². The summed E-state index contributed by atoms with van der Waals surface area (Å²) in [6, 6.07) is 8.05. The quantitative estimate of drug-likeness (QED) is 0.765. The highest BCUT2D eigenvalue weighted by molar-refractivity contribution is 5.56. The Labute approximate surface area is 104 Å². The molecular formula is C14H24N2O. The first-order valence-corrected chi connectivity index (χ1v) is 6.33. The lowest BCUT2D eigenvalue weighted by Gasteiger charge is -2.16. The van der Waals surface area contributed by atoms with E-state index in [4.69, 9.17) is 10.5 Å². The molecule has 17 heavy (non-hydrogen) atoms. The van der Waals surface area contributed by atoms with Crippen molar-refractivity contribution in [3.63, 3.8) is 0 Å². The third-order valence-corrected chi connectivity index (χ3v) is 2.60. The van der Waals surface area contributed by atoms with Gasteiger partial charge in [0.05, 0.1) is 11.8 Å². The van der Waals surface area contributed by atoms with Crippen LogP contribution in [0.3, 0.4) is 0 Å². The fraction of sp³-hybridized carbons (Fsp3) is 0.571. The number of ether oxygens (including phenoxy) is 1. The molecule has 0 amide bonds. The number of nitrogens with two attached hydrogens (primary N) is 1. The average Bonchev–Trinajstić information content (AvgIpc) is 2.30. The van der Waals surface area contributed by atoms with E-state index in [1.54, 1.807) is 0 Å². The summed E-state index contributed by atoms with van der Waals surface area (Å²) >= 11 is 0. The third-order valence-electron chi connectivity index (χ3n) is 2.60. The topological polar surface area (TPSA) is 47.3 Å². The number of hydrogen-bond donors (Lipinski definition) is 2. The largest absolute Gasteiger partial charge is 0.489 e. The van der Waals surface area contributed by atoms with Crippen molar-refractivity contribution < 1.29 is 4.74 Å². The Morgan fingerprint density at radius 1 is 1.24 bits per heavy atom. The molecule has 0 aromatic heterocycles. The van der Waals surface area contributed by atoms with E-state index >= 15 is 0 Å². The van der Waals surface area contributed by atoms with Crippen LogP contribution in [0.5, 0.6) is 5.75 Å². The highest BCUT2D eigenvalue weighted by Gasteiger charge is 2.05. The number of nitrogens with one attached hydrogen (secondary N) is 1. The Kier molecular flexibility index (Phi) is 5.84. The van der Waals surface area contributed by atoms with Gasteiger partial charge in [-0.25, -0.2) is 0 Å². The monoisotopic (exact) mass is 236 g/mol. The standard InChI is InChI=1S/C14H24N2O/c1-11(2)17-14-7-5-4-6-13(14)16-9-8-12(3)10-15/h4-7,11-12,16H,8-10,15H2,1-3H3. The average molecular weight is 236 g/mol. The number of rotatable bonds is 7. The molecule has 1 aromatic rings. The lowest BCUT2D eigenvalue weighted by atomic mass is 10.1.